The predicted octanol–water partition coefficient (Wildman–Crippen LogP) is 2.63. The molecule has 0 spiro atoms. The van der Waals surface area contributed by atoms with Gasteiger partial charge in [0.05, 0.1) is 5.56 Å². The fourth-order valence-electron chi connectivity index (χ4n) is 4.36. The van der Waals surface area contributed by atoms with Crippen molar-refractivity contribution in [3.8, 4) is 0 Å². The molecule has 1 aliphatic rings. The summed E-state index contributed by atoms with van der Waals surface area (Å²) < 4.78 is 5.36. The molecular weight excluding hydrogens is 424 g/mol. The Balaban J connectivity index is 1.32. The standard InChI is InChI=1S/C23H28N6O4/c1-15(30)26-23(12-6-2-3-7-13-23)22-25-20(33-29-22)11-10-19(31)27-28-21(32)17-14-24-18-9-5-4-8-16(17)18/h4-5,8-9,14,24H,2-3,6-7,10-13H2,1H3,(H,26,30)(H,27,31)(H,28,32). The van der Waals surface area contributed by atoms with Gasteiger partial charge in [-0.05, 0) is 18.9 Å². The minimum Gasteiger partial charge on any atom is -0.360 e. The highest BCUT2D eigenvalue weighted by atomic mass is 16.5. The van der Waals surface area contributed by atoms with Gasteiger partial charge in [-0.1, -0.05) is 49.0 Å². The molecule has 0 radical (unpaired) electrons. The van der Waals surface area contributed by atoms with Gasteiger partial charge in [0.2, 0.25) is 17.7 Å². The van der Waals surface area contributed by atoms with Crippen molar-refractivity contribution in [2.75, 3.05) is 0 Å². The number of benzene rings is 1. The fraction of sp³-hybridized carbons (Fsp3) is 0.435. The second-order valence-electron chi connectivity index (χ2n) is 8.44. The van der Waals surface area contributed by atoms with Crippen molar-refractivity contribution in [1.29, 1.82) is 0 Å². The first-order valence-corrected chi connectivity index (χ1v) is 11.2. The number of nitrogens with one attached hydrogen (secondary N) is 4. The summed E-state index contributed by atoms with van der Waals surface area (Å²) in [7, 11) is 0. The topological polar surface area (TPSA) is 142 Å². The van der Waals surface area contributed by atoms with Crippen molar-refractivity contribution in [1.82, 2.24) is 31.3 Å². The normalized spacial score (nSPS) is 15.5. The van der Waals surface area contributed by atoms with E-state index in [-0.39, 0.29) is 24.7 Å². The van der Waals surface area contributed by atoms with Crippen LogP contribution in [0.3, 0.4) is 0 Å². The third-order valence-electron chi connectivity index (χ3n) is 5.98. The Bertz CT molecular complexity index is 1140. The lowest BCUT2D eigenvalue weighted by Crippen LogP contribution is -2.45. The molecule has 0 aliphatic heterocycles. The molecule has 3 aromatic rings. The Morgan fingerprint density at radius 3 is 2.61 bits per heavy atom. The minimum atomic E-state index is -0.625. The summed E-state index contributed by atoms with van der Waals surface area (Å²) in [6, 6.07) is 7.42. The monoisotopic (exact) mass is 452 g/mol. The van der Waals surface area contributed by atoms with Crippen LogP contribution < -0.4 is 16.2 Å². The molecular formula is C23H28N6O4. The Hall–Kier alpha value is -3.69. The van der Waals surface area contributed by atoms with Crippen LogP contribution in [0, 0.1) is 0 Å². The molecule has 2 heterocycles. The molecule has 10 nitrogen and oxygen atoms in total. The lowest BCUT2D eigenvalue weighted by atomic mass is 9.89. The van der Waals surface area contributed by atoms with Gasteiger partial charge < -0.3 is 14.8 Å². The van der Waals surface area contributed by atoms with Crippen LogP contribution >= 0.6 is 0 Å². The third-order valence-corrected chi connectivity index (χ3v) is 5.98. The van der Waals surface area contributed by atoms with E-state index in [2.05, 4.69) is 31.3 Å². The molecule has 174 valence electrons. The van der Waals surface area contributed by atoms with E-state index in [1.807, 2.05) is 24.3 Å². The van der Waals surface area contributed by atoms with Crippen LogP contribution in [-0.4, -0.2) is 32.8 Å². The zero-order valence-corrected chi connectivity index (χ0v) is 18.6. The lowest BCUT2D eigenvalue weighted by molar-refractivity contribution is -0.122. The number of aryl methyl sites for hydroxylation is 1. The zero-order chi connectivity index (χ0) is 23.3. The average molecular weight is 453 g/mol. The van der Waals surface area contributed by atoms with Crippen molar-refractivity contribution in [2.24, 2.45) is 0 Å². The van der Waals surface area contributed by atoms with Crippen LogP contribution in [0.25, 0.3) is 10.9 Å². The number of para-hydroxylation sites is 1. The molecule has 1 fully saturated rings. The molecule has 2 aromatic heterocycles. The van der Waals surface area contributed by atoms with Crippen LogP contribution in [-0.2, 0) is 21.5 Å². The summed E-state index contributed by atoms with van der Waals surface area (Å²) in [6.07, 6.45) is 7.56. The summed E-state index contributed by atoms with van der Waals surface area (Å²) in [5.74, 6) is -0.145. The Kier molecular flexibility index (Phi) is 6.71. The smallest absolute Gasteiger partial charge is 0.271 e. The fourth-order valence-corrected chi connectivity index (χ4v) is 4.36. The van der Waals surface area contributed by atoms with E-state index in [1.165, 1.54) is 6.92 Å². The molecule has 0 atom stereocenters. The molecule has 3 amide bonds. The Morgan fingerprint density at radius 2 is 1.85 bits per heavy atom. The van der Waals surface area contributed by atoms with Crippen LogP contribution in [0.4, 0.5) is 0 Å². The van der Waals surface area contributed by atoms with Crippen molar-refractivity contribution in [3.05, 3.63) is 47.7 Å². The Labute approximate surface area is 190 Å². The second-order valence-corrected chi connectivity index (χ2v) is 8.44. The highest BCUT2D eigenvalue weighted by Crippen LogP contribution is 2.34. The molecule has 4 rings (SSSR count). The number of amides is 3. The molecule has 0 unspecified atom stereocenters. The predicted molar refractivity (Wildman–Crippen MR) is 120 cm³/mol. The van der Waals surface area contributed by atoms with Gasteiger partial charge in [-0.15, -0.1) is 0 Å². The number of fused-ring (bicyclic) bond motifs is 1. The first-order chi connectivity index (χ1) is 16.0. The van der Waals surface area contributed by atoms with Crippen molar-refractivity contribution < 1.29 is 18.9 Å². The number of hydrazine groups is 1. The lowest BCUT2D eigenvalue weighted by Gasteiger charge is -2.30. The molecule has 0 bridgehead atoms. The molecule has 0 saturated heterocycles. The van der Waals surface area contributed by atoms with E-state index < -0.39 is 11.4 Å². The van der Waals surface area contributed by atoms with Crippen molar-refractivity contribution >= 4 is 28.6 Å². The van der Waals surface area contributed by atoms with E-state index >= 15 is 0 Å². The molecule has 10 heteroatoms. The van der Waals surface area contributed by atoms with Gasteiger partial charge in [0.15, 0.2) is 5.82 Å². The number of aromatic nitrogens is 3. The summed E-state index contributed by atoms with van der Waals surface area (Å²) in [6.45, 7) is 1.49. The van der Waals surface area contributed by atoms with Crippen LogP contribution in [0.2, 0.25) is 0 Å². The van der Waals surface area contributed by atoms with Gasteiger partial charge in [0.25, 0.3) is 5.91 Å². The van der Waals surface area contributed by atoms with E-state index in [0.29, 0.717) is 17.3 Å². The third kappa shape index (κ3) is 5.21. The molecule has 1 aliphatic carbocycles. The largest absolute Gasteiger partial charge is 0.360 e. The quantitative estimate of drug-likeness (QED) is 0.335. The number of carbonyl (C=O) groups is 3. The summed E-state index contributed by atoms with van der Waals surface area (Å²) in [4.78, 5) is 44.0. The molecule has 33 heavy (non-hydrogen) atoms. The second kappa shape index (κ2) is 9.85. The summed E-state index contributed by atoms with van der Waals surface area (Å²) in [5.41, 5.74) is 5.51. The molecule has 1 saturated carbocycles. The minimum absolute atomic E-state index is 0.0585. The number of rotatable bonds is 6. The highest BCUT2D eigenvalue weighted by molar-refractivity contribution is 6.07. The van der Waals surface area contributed by atoms with Gasteiger partial charge >= 0.3 is 0 Å². The van der Waals surface area contributed by atoms with E-state index in [0.717, 1.165) is 49.4 Å². The number of hydrogen-bond acceptors (Lipinski definition) is 6. The molecule has 1 aromatic carbocycles. The first kappa shape index (κ1) is 22.5. The highest BCUT2D eigenvalue weighted by Gasteiger charge is 2.38. The maximum absolute atomic E-state index is 12.4. The Morgan fingerprint density at radius 1 is 1.09 bits per heavy atom. The van der Waals surface area contributed by atoms with E-state index in [1.54, 1.807) is 6.20 Å². The number of carbonyl (C=O) groups excluding carboxylic acids is 3. The maximum atomic E-state index is 12.4. The van der Waals surface area contributed by atoms with E-state index in [9.17, 15) is 14.4 Å². The summed E-state index contributed by atoms with van der Waals surface area (Å²) >= 11 is 0. The number of H-pyrrole nitrogens is 1. The van der Waals surface area contributed by atoms with Gasteiger partial charge in [-0.25, -0.2) is 0 Å². The van der Waals surface area contributed by atoms with Crippen LogP contribution in [0.1, 0.15) is 73.9 Å². The van der Waals surface area contributed by atoms with Gasteiger partial charge in [0, 0.05) is 36.9 Å². The number of aromatic amines is 1. The average Bonchev–Trinajstić information content (AvgIpc) is 3.39. The zero-order valence-electron chi connectivity index (χ0n) is 18.6. The van der Waals surface area contributed by atoms with Gasteiger partial charge in [-0.3, -0.25) is 25.2 Å². The van der Waals surface area contributed by atoms with E-state index in [4.69, 9.17) is 4.52 Å². The number of nitrogens with zero attached hydrogens (tertiary/aromatic N) is 2. The van der Waals surface area contributed by atoms with Gasteiger partial charge in [0.1, 0.15) is 5.54 Å². The number of hydrogen-bond donors (Lipinski definition) is 4. The van der Waals surface area contributed by atoms with Crippen molar-refractivity contribution in [3.63, 3.8) is 0 Å². The van der Waals surface area contributed by atoms with Crippen molar-refractivity contribution in [2.45, 2.75) is 63.8 Å². The van der Waals surface area contributed by atoms with Crippen LogP contribution in [0.15, 0.2) is 35.0 Å². The molecule has 4 N–H and O–H groups in total. The first-order valence-electron chi connectivity index (χ1n) is 11.2. The van der Waals surface area contributed by atoms with Crippen LogP contribution in [0.5, 0.6) is 0 Å². The SMILES string of the molecule is CC(=O)NC1(c2noc(CCC(=O)NNC(=O)c3c[nH]c4ccccc34)n2)CCCCCC1. The summed E-state index contributed by atoms with van der Waals surface area (Å²) in [5, 5.41) is 7.92. The van der Waals surface area contributed by atoms with Gasteiger partial charge in [-0.2, -0.15) is 4.98 Å². The maximum Gasteiger partial charge on any atom is 0.271 e.